The largest absolute Gasteiger partial charge is 0.508 e. The molecule has 2 N–H and O–H groups in total. The highest BCUT2D eigenvalue weighted by Crippen LogP contribution is 2.56. The Morgan fingerprint density at radius 1 is 1.03 bits per heavy atom. The summed E-state index contributed by atoms with van der Waals surface area (Å²) in [5.41, 5.74) is 3.88. The number of nitrogens with zero attached hydrogens (tertiary/aromatic N) is 2. The molecule has 0 radical (unpaired) electrons. The van der Waals surface area contributed by atoms with Gasteiger partial charge < -0.3 is 15.1 Å². The van der Waals surface area contributed by atoms with Crippen molar-refractivity contribution in [3.05, 3.63) is 71.8 Å². The van der Waals surface area contributed by atoms with Crippen LogP contribution < -0.4 is 0 Å². The molecule has 210 valence electrons. The molecule has 5 heteroatoms. The van der Waals surface area contributed by atoms with Crippen LogP contribution in [0.1, 0.15) is 75.0 Å². The molecule has 0 unspecified atom stereocenters. The van der Waals surface area contributed by atoms with Crippen LogP contribution in [-0.4, -0.2) is 65.1 Å². The van der Waals surface area contributed by atoms with Crippen molar-refractivity contribution in [1.29, 1.82) is 0 Å². The third-order valence-electron chi connectivity index (χ3n) is 10.4. The zero-order chi connectivity index (χ0) is 27.6. The fraction of sp³-hybridized carbons (Fsp3) is 0.559. The summed E-state index contributed by atoms with van der Waals surface area (Å²) in [5, 5.41) is 19.6. The zero-order valence-corrected chi connectivity index (χ0v) is 23.9. The second-order valence-corrected chi connectivity index (χ2v) is 12.4. The van der Waals surface area contributed by atoms with Gasteiger partial charge in [-0.25, -0.2) is 0 Å². The van der Waals surface area contributed by atoms with Crippen molar-refractivity contribution in [3.8, 4) is 11.5 Å². The van der Waals surface area contributed by atoms with Gasteiger partial charge in [-0.3, -0.25) is 9.69 Å². The summed E-state index contributed by atoms with van der Waals surface area (Å²) >= 11 is 0. The number of fused-ring (bicyclic) bond motifs is 1. The van der Waals surface area contributed by atoms with Gasteiger partial charge in [0.05, 0.1) is 5.41 Å². The Bertz CT molecular complexity index is 1180. The molecule has 2 aromatic carbocycles. The minimum Gasteiger partial charge on any atom is -0.508 e. The topological polar surface area (TPSA) is 64.0 Å². The lowest BCUT2D eigenvalue weighted by Gasteiger charge is -2.59. The first kappa shape index (κ1) is 27.9. The molecule has 6 rings (SSSR count). The molecule has 1 saturated carbocycles. The third-order valence-corrected chi connectivity index (χ3v) is 10.4. The highest BCUT2D eigenvalue weighted by atomic mass is 16.3. The fourth-order valence-corrected chi connectivity index (χ4v) is 8.34. The van der Waals surface area contributed by atoms with E-state index in [2.05, 4.69) is 41.6 Å². The van der Waals surface area contributed by atoms with Gasteiger partial charge >= 0.3 is 0 Å². The minimum atomic E-state index is -0.389. The third kappa shape index (κ3) is 5.16. The molecule has 2 aliphatic heterocycles. The molecule has 39 heavy (non-hydrogen) atoms. The molecule has 2 aliphatic carbocycles. The first-order valence-electron chi connectivity index (χ1n) is 15.0. The van der Waals surface area contributed by atoms with Crippen LogP contribution in [0.15, 0.2) is 55.1 Å². The number of aromatic hydroxyl groups is 2. The fourth-order valence-electron chi connectivity index (χ4n) is 8.34. The van der Waals surface area contributed by atoms with Crippen molar-refractivity contribution in [3.63, 3.8) is 0 Å². The van der Waals surface area contributed by atoms with Gasteiger partial charge in [0.2, 0.25) is 0 Å². The number of hydrogen-bond acceptors (Lipinski definition) is 5. The molecular weight excluding hydrogens is 484 g/mol. The van der Waals surface area contributed by atoms with Crippen LogP contribution in [0.4, 0.5) is 0 Å². The van der Waals surface area contributed by atoms with Gasteiger partial charge in [0, 0.05) is 24.4 Å². The maximum atomic E-state index is 12.4. The monoisotopic (exact) mass is 530 g/mol. The standard InChI is InChI=1S/C19H25NO.C15H21NO2/c1-2-10-20-11-9-19-8-4-3-5-16(19)18(20)12-14-6-7-15(21)13-17(14)19;1-3-14(18)15(7-9-16(2)10-8-15)12-5-4-6-13(17)11-12/h2,6-7,13,16,18,21H,1,3-5,8-12H2;4-6,11,17H,3,7-10H2,1-2H3/t16-,18+,19+;/m0./s1. The van der Waals surface area contributed by atoms with Crippen LogP contribution in [0.25, 0.3) is 0 Å². The molecule has 2 aromatic rings. The van der Waals surface area contributed by atoms with Crippen molar-refractivity contribution in [2.75, 3.05) is 33.2 Å². The van der Waals surface area contributed by atoms with Crippen LogP contribution in [0.2, 0.25) is 0 Å². The van der Waals surface area contributed by atoms with E-state index in [4.69, 9.17) is 0 Å². The Hall–Kier alpha value is -2.63. The summed E-state index contributed by atoms with van der Waals surface area (Å²) in [7, 11) is 2.09. The van der Waals surface area contributed by atoms with Gasteiger partial charge in [0.25, 0.3) is 0 Å². The molecule has 3 atom stereocenters. The Labute approximate surface area is 234 Å². The molecule has 2 saturated heterocycles. The smallest absolute Gasteiger partial charge is 0.143 e. The number of hydrogen-bond donors (Lipinski definition) is 2. The van der Waals surface area contributed by atoms with E-state index in [9.17, 15) is 15.0 Å². The number of phenolic OH excluding ortho intramolecular Hbond substituents is 2. The lowest BCUT2D eigenvalue weighted by atomic mass is 9.52. The van der Waals surface area contributed by atoms with E-state index in [1.54, 1.807) is 12.1 Å². The number of phenols is 2. The Morgan fingerprint density at radius 2 is 1.79 bits per heavy atom. The van der Waals surface area contributed by atoms with Gasteiger partial charge in [-0.05, 0) is 112 Å². The van der Waals surface area contributed by atoms with Crippen molar-refractivity contribution in [2.24, 2.45) is 5.92 Å². The normalized spacial score (nSPS) is 27.8. The Kier molecular flexibility index (Phi) is 8.21. The van der Waals surface area contributed by atoms with Gasteiger partial charge in [0.15, 0.2) is 0 Å². The first-order chi connectivity index (χ1) is 18.8. The van der Waals surface area contributed by atoms with Crippen LogP contribution in [0.5, 0.6) is 11.5 Å². The van der Waals surface area contributed by atoms with Crippen molar-refractivity contribution < 1.29 is 15.0 Å². The van der Waals surface area contributed by atoms with Crippen LogP contribution >= 0.6 is 0 Å². The lowest BCUT2D eigenvalue weighted by Crippen LogP contribution is -2.60. The predicted octanol–water partition coefficient (Wildman–Crippen LogP) is 5.97. The Balaban J connectivity index is 0.000000160. The summed E-state index contributed by atoms with van der Waals surface area (Å²) < 4.78 is 0. The van der Waals surface area contributed by atoms with E-state index >= 15 is 0 Å². The summed E-state index contributed by atoms with van der Waals surface area (Å²) in [4.78, 5) is 17.3. The van der Waals surface area contributed by atoms with Gasteiger partial charge in [-0.15, -0.1) is 6.58 Å². The van der Waals surface area contributed by atoms with E-state index < -0.39 is 0 Å². The van der Waals surface area contributed by atoms with E-state index in [0.29, 0.717) is 29.4 Å². The van der Waals surface area contributed by atoms with E-state index in [-0.39, 0.29) is 11.2 Å². The molecule has 2 bridgehead atoms. The predicted molar refractivity (Wildman–Crippen MR) is 157 cm³/mol. The minimum absolute atomic E-state index is 0.245. The molecular formula is C34H46N2O3. The lowest BCUT2D eigenvalue weighted by molar-refractivity contribution is -0.126. The van der Waals surface area contributed by atoms with Crippen molar-refractivity contribution >= 4 is 5.78 Å². The highest BCUT2D eigenvalue weighted by Gasteiger charge is 2.53. The highest BCUT2D eigenvalue weighted by molar-refractivity contribution is 5.90. The summed E-state index contributed by atoms with van der Waals surface area (Å²) in [6.07, 6.45) is 12.1. The van der Waals surface area contributed by atoms with Crippen molar-refractivity contribution in [2.45, 2.75) is 81.6 Å². The van der Waals surface area contributed by atoms with Crippen molar-refractivity contribution in [1.82, 2.24) is 9.80 Å². The molecule has 5 nitrogen and oxygen atoms in total. The second-order valence-electron chi connectivity index (χ2n) is 12.4. The second kappa shape index (κ2) is 11.5. The first-order valence-corrected chi connectivity index (χ1v) is 15.0. The zero-order valence-electron chi connectivity index (χ0n) is 23.9. The summed E-state index contributed by atoms with van der Waals surface area (Å²) in [6.45, 7) is 9.93. The molecule has 0 amide bonds. The van der Waals surface area contributed by atoms with Crippen LogP contribution in [0.3, 0.4) is 0 Å². The summed E-state index contributed by atoms with van der Waals surface area (Å²) in [6, 6.07) is 14.0. The molecule has 0 aromatic heterocycles. The van der Waals surface area contributed by atoms with E-state index in [0.717, 1.165) is 50.4 Å². The number of carbonyl (C=O) groups excluding carboxylic acids is 1. The average molecular weight is 531 g/mol. The molecule has 2 heterocycles. The average Bonchev–Trinajstić information content (AvgIpc) is 2.95. The van der Waals surface area contributed by atoms with Gasteiger partial charge in [0.1, 0.15) is 17.3 Å². The molecule has 3 fully saturated rings. The van der Waals surface area contributed by atoms with Crippen LogP contribution in [0, 0.1) is 5.92 Å². The van der Waals surface area contributed by atoms with E-state index in [1.165, 1.54) is 49.8 Å². The Morgan fingerprint density at radius 3 is 2.51 bits per heavy atom. The SMILES string of the molecule is C=CCN1CC[C@]23CCCC[C@H]2[C@H]1Cc1ccc(O)cc13.CCC(=O)C1(c2cccc(O)c2)CCN(C)CC1. The number of carbonyl (C=O) groups is 1. The number of piperidine rings is 2. The number of rotatable bonds is 5. The molecule has 4 aliphatic rings. The number of likely N-dealkylation sites (tertiary alicyclic amines) is 2. The maximum absolute atomic E-state index is 12.4. The van der Waals surface area contributed by atoms with Gasteiger partial charge in [-0.2, -0.15) is 0 Å². The maximum Gasteiger partial charge on any atom is 0.143 e. The van der Waals surface area contributed by atoms with E-state index in [1.807, 2.05) is 25.1 Å². The number of Topliss-reactive ketones (excluding diaryl/α,β-unsaturated/α-hetero) is 1. The van der Waals surface area contributed by atoms with Crippen LogP contribution in [-0.2, 0) is 22.0 Å². The number of ketones is 1. The quantitative estimate of drug-likeness (QED) is 0.466. The number of benzene rings is 2. The summed E-state index contributed by atoms with van der Waals surface area (Å²) in [5.74, 6) is 1.75. The molecule has 0 spiro atoms. The van der Waals surface area contributed by atoms with Gasteiger partial charge in [-0.1, -0.05) is 44.0 Å².